The maximum atomic E-state index is 12.4. The van der Waals surface area contributed by atoms with Crippen LogP contribution in [-0.4, -0.2) is 36.1 Å². The van der Waals surface area contributed by atoms with Gasteiger partial charge in [-0.1, -0.05) is 17.7 Å². The van der Waals surface area contributed by atoms with Crippen LogP contribution in [0.1, 0.15) is 26.2 Å². The van der Waals surface area contributed by atoms with Crippen LogP contribution < -0.4 is 5.32 Å². The Bertz CT molecular complexity index is 521. The van der Waals surface area contributed by atoms with E-state index in [2.05, 4.69) is 5.32 Å². The standard InChI is InChI=1S/C15H19ClN2O3/c1-2-21-14(19)13-8-3-4-9-18(13)15(20)17-12-7-5-6-11(16)10-12/h5-7,10,13H,2-4,8-9H2,1H3,(H,17,20). The molecule has 2 rings (SSSR count). The maximum Gasteiger partial charge on any atom is 0.328 e. The summed E-state index contributed by atoms with van der Waals surface area (Å²) in [5.74, 6) is -0.335. The van der Waals surface area contributed by atoms with E-state index in [9.17, 15) is 9.59 Å². The van der Waals surface area contributed by atoms with Gasteiger partial charge in [-0.25, -0.2) is 9.59 Å². The van der Waals surface area contributed by atoms with Crippen molar-refractivity contribution in [3.8, 4) is 0 Å². The number of likely N-dealkylation sites (tertiary alicyclic amines) is 1. The van der Waals surface area contributed by atoms with Crippen molar-refractivity contribution >= 4 is 29.3 Å². The van der Waals surface area contributed by atoms with Crippen LogP contribution in [0.2, 0.25) is 5.02 Å². The zero-order valence-electron chi connectivity index (χ0n) is 12.0. The number of hydrogen-bond donors (Lipinski definition) is 1. The Morgan fingerprint density at radius 2 is 2.24 bits per heavy atom. The molecule has 0 saturated carbocycles. The van der Waals surface area contributed by atoms with Gasteiger partial charge in [-0.15, -0.1) is 0 Å². The third-order valence-corrected chi connectivity index (χ3v) is 3.63. The lowest BCUT2D eigenvalue weighted by molar-refractivity contribution is -0.149. The molecule has 1 aliphatic heterocycles. The molecule has 0 radical (unpaired) electrons. The molecule has 1 unspecified atom stereocenters. The van der Waals surface area contributed by atoms with Crippen molar-refractivity contribution in [1.82, 2.24) is 4.90 Å². The second-order valence-corrected chi connectivity index (χ2v) is 5.33. The smallest absolute Gasteiger partial charge is 0.328 e. The third kappa shape index (κ3) is 4.11. The molecule has 0 bridgehead atoms. The van der Waals surface area contributed by atoms with Gasteiger partial charge in [0.2, 0.25) is 0 Å². The molecule has 1 fully saturated rings. The lowest BCUT2D eigenvalue weighted by Crippen LogP contribution is -2.50. The minimum Gasteiger partial charge on any atom is -0.464 e. The van der Waals surface area contributed by atoms with Gasteiger partial charge in [-0.05, 0) is 44.4 Å². The summed E-state index contributed by atoms with van der Waals surface area (Å²) in [7, 11) is 0. The quantitative estimate of drug-likeness (QED) is 0.872. The van der Waals surface area contributed by atoms with Crippen LogP contribution in [0.4, 0.5) is 10.5 Å². The summed E-state index contributed by atoms with van der Waals surface area (Å²) in [5, 5.41) is 3.32. The fraction of sp³-hybridized carbons (Fsp3) is 0.467. The number of urea groups is 1. The zero-order chi connectivity index (χ0) is 15.2. The van der Waals surface area contributed by atoms with Crippen molar-refractivity contribution in [3.05, 3.63) is 29.3 Å². The molecular formula is C15H19ClN2O3. The Kier molecular flexibility index (Phi) is 5.44. The Balaban J connectivity index is 2.06. The van der Waals surface area contributed by atoms with Crippen LogP contribution in [0.25, 0.3) is 0 Å². The highest BCUT2D eigenvalue weighted by atomic mass is 35.5. The summed E-state index contributed by atoms with van der Waals surface area (Å²) in [4.78, 5) is 25.9. The molecule has 1 aliphatic rings. The van der Waals surface area contributed by atoms with Gasteiger partial charge >= 0.3 is 12.0 Å². The van der Waals surface area contributed by atoms with Crippen LogP contribution in [-0.2, 0) is 9.53 Å². The van der Waals surface area contributed by atoms with E-state index in [0.717, 1.165) is 12.8 Å². The fourth-order valence-corrected chi connectivity index (χ4v) is 2.61. The summed E-state index contributed by atoms with van der Waals surface area (Å²) in [6, 6.07) is 6.12. The number of piperidine rings is 1. The molecule has 6 heteroatoms. The van der Waals surface area contributed by atoms with Crippen molar-refractivity contribution in [3.63, 3.8) is 0 Å². The number of anilines is 1. The van der Waals surface area contributed by atoms with E-state index in [-0.39, 0.29) is 12.0 Å². The van der Waals surface area contributed by atoms with Crippen molar-refractivity contribution in [2.75, 3.05) is 18.5 Å². The SMILES string of the molecule is CCOC(=O)C1CCCCN1C(=O)Nc1cccc(Cl)c1. The molecule has 1 atom stereocenters. The number of benzene rings is 1. The predicted octanol–water partition coefficient (Wildman–Crippen LogP) is 3.29. The molecule has 0 aliphatic carbocycles. The van der Waals surface area contributed by atoms with E-state index in [1.54, 1.807) is 36.1 Å². The first-order valence-corrected chi connectivity index (χ1v) is 7.49. The van der Waals surface area contributed by atoms with E-state index in [1.165, 1.54) is 0 Å². The second kappa shape index (κ2) is 7.31. The van der Waals surface area contributed by atoms with Crippen LogP contribution in [0.5, 0.6) is 0 Å². The summed E-state index contributed by atoms with van der Waals surface area (Å²) < 4.78 is 5.05. The summed E-state index contributed by atoms with van der Waals surface area (Å²) >= 11 is 5.90. The maximum absolute atomic E-state index is 12.4. The Labute approximate surface area is 129 Å². The highest BCUT2D eigenvalue weighted by Gasteiger charge is 2.33. The van der Waals surface area contributed by atoms with Gasteiger partial charge in [0.25, 0.3) is 0 Å². The Morgan fingerprint density at radius 1 is 1.43 bits per heavy atom. The molecule has 0 spiro atoms. The molecule has 0 aromatic heterocycles. The minimum atomic E-state index is -0.502. The number of amides is 2. The third-order valence-electron chi connectivity index (χ3n) is 3.40. The number of carbonyl (C=O) groups is 2. The molecule has 1 heterocycles. The van der Waals surface area contributed by atoms with Gasteiger partial charge in [0, 0.05) is 17.3 Å². The normalized spacial score (nSPS) is 18.2. The van der Waals surface area contributed by atoms with Gasteiger partial charge in [0.1, 0.15) is 6.04 Å². The van der Waals surface area contributed by atoms with Gasteiger partial charge in [-0.3, -0.25) is 0 Å². The molecule has 1 aromatic carbocycles. The van der Waals surface area contributed by atoms with Crippen LogP contribution in [0.3, 0.4) is 0 Å². The number of carbonyl (C=O) groups excluding carboxylic acids is 2. The van der Waals surface area contributed by atoms with Gasteiger partial charge in [-0.2, -0.15) is 0 Å². The second-order valence-electron chi connectivity index (χ2n) is 4.90. The molecule has 5 nitrogen and oxygen atoms in total. The number of halogens is 1. The minimum absolute atomic E-state index is 0.296. The summed E-state index contributed by atoms with van der Waals surface area (Å²) in [6.45, 7) is 2.63. The van der Waals surface area contributed by atoms with E-state index < -0.39 is 6.04 Å². The van der Waals surface area contributed by atoms with Crippen molar-refractivity contribution in [2.45, 2.75) is 32.2 Å². The number of hydrogen-bond acceptors (Lipinski definition) is 3. The van der Waals surface area contributed by atoms with Crippen molar-refractivity contribution < 1.29 is 14.3 Å². The molecule has 1 N–H and O–H groups in total. The molecule has 1 saturated heterocycles. The highest BCUT2D eigenvalue weighted by molar-refractivity contribution is 6.30. The van der Waals surface area contributed by atoms with Crippen LogP contribution in [0.15, 0.2) is 24.3 Å². The number of nitrogens with one attached hydrogen (secondary N) is 1. The van der Waals surface area contributed by atoms with E-state index in [0.29, 0.717) is 30.3 Å². The lowest BCUT2D eigenvalue weighted by atomic mass is 10.0. The zero-order valence-corrected chi connectivity index (χ0v) is 12.7. The molecule has 114 valence electrons. The van der Waals surface area contributed by atoms with E-state index in [1.807, 2.05) is 0 Å². The average molecular weight is 311 g/mol. The monoisotopic (exact) mass is 310 g/mol. The summed E-state index contributed by atoms with van der Waals surface area (Å²) in [5.41, 5.74) is 0.612. The molecule has 21 heavy (non-hydrogen) atoms. The lowest BCUT2D eigenvalue weighted by Gasteiger charge is -2.33. The highest BCUT2D eigenvalue weighted by Crippen LogP contribution is 2.21. The first-order valence-electron chi connectivity index (χ1n) is 7.11. The van der Waals surface area contributed by atoms with Gasteiger partial charge < -0.3 is 15.0 Å². The average Bonchev–Trinajstić information content (AvgIpc) is 2.47. The first-order chi connectivity index (χ1) is 10.1. The van der Waals surface area contributed by atoms with E-state index >= 15 is 0 Å². The number of ether oxygens (including phenoxy) is 1. The summed E-state index contributed by atoms with van der Waals surface area (Å²) in [6.07, 6.45) is 2.45. The van der Waals surface area contributed by atoms with Crippen molar-refractivity contribution in [2.24, 2.45) is 0 Å². The van der Waals surface area contributed by atoms with E-state index in [4.69, 9.17) is 16.3 Å². The molecule has 2 amide bonds. The Hall–Kier alpha value is -1.75. The topological polar surface area (TPSA) is 58.6 Å². The van der Waals surface area contributed by atoms with Gasteiger partial charge in [0.05, 0.1) is 6.61 Å². The van der Waals surface area contributed by atoms with Gasteiger partial charge in [0.15, 0.2) is 0 Å². The molecular weight excluding hydrogens is 292 g/mol. The van der Waals surface area contributed by atoms with Crippen LogP contribution >= 0.6 is 11.6 Å². The number of nitrogens with zero attached hydrogens (tertiary/aromatic N) is 1. The Morgan fingerprint density at radius 3 is 2.95 bits per heavy atom. The number of esters is 1. The largest absolute Gasteiger partial charge is 0.464 e. The van der Waals surface area contributed by atoms with Crippen molar-refractivity contribution in [1.29, 1.82) is 0 Å². The number of rotatable bonds is 3. The predicted molar refractivity (Wildman–Crippen MR) is 81.4 cm³/mol. The fourth-order valence-electron chi connectivity index (χ4n) is 2.42. The molecule has 1 aromatic rings. The van der Waals surface area contributed by atoms with Crippen LogP contribution in [0, 0.1) is 0 Å². The first kappa shape index (κ1) is 15.6.